The smallest absolute Gasteiger partial charge is 0.399 e. The Hall–Kier alpha value is -1.25. The molecule has 2 aromatic rings. The van der Waals surface area contributed by atoms with E-state index >= 15 is 0 Å². The first-order chi connectivity index (χ1) is 10.7. The Bertz CT molecular complexity index is 774. The summed E-state index contributed by atoms with van der Waals surface area (Å²) in [4.78, 5) is 0. The summed E-state index contributed by atoms with van der Waals surface area (Å²) >= 11 is 0. The lowest BCUT2D eigenvalue weighted by Gasteiger charge is -2.32. The maximum absolute atomic E-state index is 14.1. The van der Waals surface area contributed by atoms with Crippen LogP contribution in [0.1, 0.15) is 34.6 Å². The Labute approximate surface area is 137 Å². The van der Waals surface area contributed by atoms with Crippen LogP contribution in [-0.2, 0) is 20.3 Å². The number of fused-ring (bicyclic) bond motifs is 1. The van der Waals surface area contributed by atoms with Gasteiger partial charge < -0.3 is 9.31 Å². The molecule has 124 valence electrons. The number of halogens is 1. The van der Waals surface area contributed by atoms with Gasteiger partial charge in [0.1, 0.15) is 16.8 Å². The molecule has 0 aliphatic carbocycles. The van der Waals surface area contributed by atoms with Crippen molar-refractivity contribution in [3.63, 3.8) is 0 Å². The number of hydrogen-bond donors (Lipinski definition) is 0. The molecule has 0 saturated carbocycles. The van der Waals surface area contributed by atoms with Crippen molar-refractivity contribution in [2.75, 3.05) is 5.75 Å². The summed E-state index contributed by atoms with van der Waals surface area (Å²) < 4.78 is 39.5. The molecule has 2 heterocycles. The Morgan fingerprint density at radius 1 is 1.26 bits per heavy atom. The highest BCUT2D eigenvalue weighted by molar-refractivity contribution is 7.83. The lowest BCUT2D eigenvalue weighted by molar-refractivity contribution is 0.00578. The van der Waals surface area contributed by atoms with Gasteiger partial charge in [0, 0.05) is 17.2 Å². The molecule has 5 nitrogen and oxygen atoms in total. The van der Waals surface area contributed by atoms with Crippen LogP contribution in [-0.4, -0.2) is 37.5 Å². The van der Waals surface area contributed by atoms with Gasteiger partial charge in [0.25, 0.3) is 0 Å². The van der Waals surface area contributed by atoms with E-state index < -0.39 is 35.1 Å². The molecule has 1 unspecified atom stereocenters. The third-order valence-corrected chi connectivity index (χ3v) is 5.77. The fourth-order valence-electron chi connectivity index (χ4n) is 2.55. The van der Waals surface area contributed by atoms with Gasteiger partial charge in [0.05, 0.1) is 22.9 Å². The van der Waals surface area contributed by atoms with Crippen LogP contribution in [0.15, 0.2) is 18.3 Å². The second kappa shape index (κ2) is 5.39. The van der Waals surface area contributed by atoms with Crippen molar-refractivity contribution in [3.05, 3.63) is 24.1 Å². The van der Waals surface area contributed by atoms with Gasteiger partial charge in [-0.2, -0.15) is 9.19 Å². The second-order valence-corrected chi connectivity index (χ2v) is 8.21. The number of nitrogens with zero attached hydrogens (tertiary/aromatic N) is 2. The Balaban J connectivity index is 2.13. The molecule has 0 amide bonds. The minimum atomic E-state index is -1.33. The molecular formula is C15H20BFN2O3S. The normalized spacial score (nSPS) is 21.0. The van der Waals surface area contributed by atoms with Crippen LogP contribution in [0.2, 0.25) is 0 Å². The first kappa shape index (κ1) is 16.6. The van der Waals surface area contributed by atoms with Gasteiger partial charge in [-0.3, -0.25) is 0 Å². The van der Waals surface area contributed by atoms with Crippen molar-refractivity contribution in [2.24, 2.45) is 0 Å². The van der Waals surface area contributed by atoms with Gasteiger partial charge in [-0.05, 0) is 39.2 Å². The van der Waals surface area contributed by atoms with E-state index in [1.54, 1.807) is 13.1 Å². The highest BCUT2D eigenvalue weighted by atomic mass is 32.2. The standard InChI is InChI=1S/C15H20BFN2O3S/c1-6-23(20)19-13-8-10(17)7-12(11(13)9-18-19)16-21-14(2,3)15(4,5)22-16/h7-9H,6H2,1-5H3. The summed E-state index contributed by atoms with van der Waals surface area (Å²) in [6.45, 7) is 9.56. The van der Waals surface area contributed by atoms with Crippen LogP contribution in [0.4, 0.5) is 4.39 Å². The number of hydrogen-bond acceptors (Lipinski definition) is 4. The van der Waals surface area contributed by atoms with E-state index in [1.165, 1.54) is 16.2 Å². The Morgan fingerprint density at radius 3 is 2.43 bits per heavy atom. The maximum atomic E-state index is 14.1. The molecular weight excluding hydrogens is 318 g/mol. The van der Waals surface area contributed by atoms with Crippen molar-refractivity contribution in [3.8, 4) is 0 Å². The van der Waals surface area contributed by atoms with E-state index in [0.717, 1.165) is 0 Å². The quantitative estimate of drug-likeness (QED) is 0.804. The number of rotatable bonds is 3. The molecule has 1 aliphatic heterocycles. The van der Waals surface area contributed by atoms with Crippen molar-refractivity contribution < 1.29 is 17.9 Å². The minimum Gasteiger partial charge on any atom is -0.399 e. The lowest BCUT2D eigenvalue weighted by Crippen LogP contribution is -2.41. The zero-order chi connectivity index (χ0) is 17.0. The minimum absolute atomic E-state index is 0.402. The first-order valence-electron chi connectivity index (χ1n) is 7.58. The molecule has 1 aliphatic rings. The van der Waals surface area contributed by atoms with Crippen LogP contribution in [0.5, 0.6) is 0 Å². The molecule has 3 rings (SSSR count). The molecule has 1 aromatic carbocycles. The van der Waals surface area contributed by atoms with Crippen molar-refractivity contribution >= 4 is 34.5 Å². The summed E-state index contributed by atoms with van der Waals surface area (Å²) in [5, 5.41) is 4.84. The zero-order valence-electron chi connectivity index (χ0n) is 13.9. The van der Waals surface area contributed by atoms with Crippen molar-refractivity contribution in [1.29, 1.82) is 0 Å². The monoisotopic (exact) mass is 338 g/mol. The Morgan fingerprint density at radius 2 is 1.87 bits per heavy atom. The van der Waals surface area contributed by atoms with Crippen LogP contribution < -0.4 is 5.46 Å². The molecule has 1 fully saturated rings. The maximum Gasteiger partial charge on any atom is 0.495 e. The fourth-order valence-corrected chi connectivity index (χ4v) is 3.31. The van der Waals surface area contributed by atoms with Gasteiger partial charge >= 0.3 is 7.12 Å². The van der Waals surface area contributed by atoms with Crippen LogP contribution in [0.25, 0.3) is 10.9 Å². The van der Waals surface area contributed by atoms with Gasteiger partial charge in [-0.1, -0.05) is 6.92 Å². The van der Waals surface area contributed by atoms with E-state index in [4.69, 9.17) is 9.31 Å². The molecule has 0 spiro atoms. The zero-order valence-corrected chi connectivity index (χ0v) is 14.7. The molecule has 8 heteroatoms. The SMILES string of the molecule is CCS(=O)n1ncc2c(B3OC(C)(C)C(C)(C)O3)cc(F)cc21. The second-order valence-electron chi connectivity index (χ2n) is 6.64. The summed E-state index contributed by atoms with van der Waals surface area (Å²) in [6.07, 6.45) is 1.59. The predicted molar refractivity (Wildman–Crippen MR) is 89.5 cm³/mol. The average molecular weight is 338 g/mol. The average Bonchev–Trinajstić information content (AvgIpc) is 2.96. The first-order valence-corrected chi connectivity index (χ1v) is 8.85. The van der Waals surface area contributed by atoms with E-state index in [9.17, 15) is 8.60 Å². The molecule has 0 radical (unpaired) electrons. The van der Waals surface area contributed by atoms with E-state index in [-0.39, 0.29) is 0 Å². The van der Waals surface area contributed by atoms with E-state index in [1.807, 2.05) is 27.7 Å². The van der Waals surface area contributed by atoms with Gasteiger partial charge in [0.15, 0.2) is 0 Å². The fraction of sp³-hybridized carbons (Fsp3) is 0.533. The topological polar surface area (TPSA) is 53.4 Å². The molecule has 0 N–H and O–H groups in total. The number of benzene rings is 1. The highest BCUT2D eigenvalue weighted by Crippen LogP contribution is 2.37. The predicted octanol–water partition coefficient (Wildman–Crippen LogP) is 2.01. The lowest BCUT2D eigenvalue weighted by atomic mass is 9.77. The molecule has 23 heavy (non-hydrogen) atoms. The summed E-state index contributed by atoms with van der Waals surface area (Å²) in [7, 11) is -2.01. The summed E-state index contributed by atoms with van der Waals surface area (Å²) in [5.74, 6) is -0.0314. The van der Waals surface area contributed by atoms with Crippen molar-refractivity contribution in [1.82, 2.24) is 9.19 Å². The molecule has 1 saturated heterocycles. The molecule has 1 atom stereocenters. The third kappa shape index (κ3) is 2.62. The van der Waals surface area contributed by atoms with Gasteiger partial charge in [-0.15, -0.1) is 0 Å². The van der Waals surface area contributed by atoms with Crippen LogP contribution in [0, 0.1) is 5.82 Å². The van der Waals surface area contributed by atoms with E-state index in [2.05, 4.69) is 5.10 Å². The van der Waals surface area contributed by atoms with Crippen LogP contribution in [0.3, 0.4) is 0 Å². The van der Waals surface area contributed by atoms with Gasteiger partial charge in [-0.25, -0.2) is 8.60 Å². The third-order valence-electron chi connectivity index (χ3n) is 4.60. The van der Waals surface area contributed by atoms with E-state index in [0.29, 0.717) is 22.1 Å². The van der Waals surface area contributed by atoms with Gasteiger partial charge in [0.2, 0.25) is 0 Å². The molecule has 1 aromatic heterocycles. The highest BCUT2D eigenvalue weighted by Gasteiger charge is 2.52. The largest absolute Gasteiger partial charge is 0.495 e. The molecule has 0 bridgehead atoms. The van der Waals surface area contributed by atoms with Crippen LogP contribution >= 0.6 is 0 Å². The van der Waals surface area contributed by atoms with Crippen molar-refractivity contribution in [2.45, 2.75) is 45.8 Å². The Kier molecular flexibility index (Phi) is 3.89. The summed E-state index contributed by atoms with van der Waals surface area (Å²) in [5.41, 5.74) is 0.0183. The summed E-state index contributed by atoms with van der Waals surface area (Å²) in [6, 6.07) is 2.73. The number of aromatic nitrogens is 2.